The number of hydrogen-bond acceptors (Lipinski definition) is 3. The Morgan fingerprint density at radius 2 is 2.05 bits per heavy atom. The average Bonchev–Trinajstić information content (AvgIpc) is 2.54. The first-order valence-electron chi connectivity index (χ1n) is 6.93. The summed E-state index contributed by atoms with van der Waals surface area (Å²) < 4.78 is 11.3. The molecule has 110 valence electrons. The molecule has 1 fully saturated rings. The summed E-state index contributed by atoms with van der Waals surface area (Å²) in [5.41, 5.74) is 0.0791. The van der Waals surface area contributed by atoms with E-state index >= 15 is 0 Å². The van der Waals surface area contributed by atoms with Crippen molar-refractivity contribution >= 4 is 6.09 Å². The molecule has 0 spiro atoms. The Morgan fingerprint density at radius 3 is 2.47 bits per heavy atom. The van der Waals surface area contributed by atoms with Crippen LogP contribution in [-0.4, -0.2) is 35.0 Å². The zero-order chi connectivity index (χ0) is 14.8. The number of nitrogens with zero attached hydrogens (tertiary/aromatic N) is 1. The molecule has 1 saturated heterocycles. The molecule has 1 rings (SSSR count). The highest BCUT2D eigenvalue weighted by molar-refractivity contribution is 5.70. The quantitative estimate of drug-likeness (QED) is 0.717. The summed E-state index contributed by atoms with van der Waals surface area (Å²) in [6.45, 7) is 14.0. The van der Waals surface area contributed by atoms with E-state index in [0.717, 1.165) is 6.42 Å². The first kappa shape index (κ1) is 16.0. The Bertz CT molecular complexity index is 366. The normalized spacial score (nSPS) is 23.6. The van der Waals surface area contributed by atoms with Gasteiger partial charge < -0.3 is 9.47 Å². The highest BCUT2D eigenvalue weighted by atomic mass is 16.6. The van der Waals surface area contributed by atoms with Crippen molar-refractivity contribution in [2.45, 2.75) is 72.3 Å². The molecule has 4 nitrogen and oxygen atoms in total. The fourth-order valence-electron chi connectivity index (χ4n) is 2.37. The van der Waals surface area contributed by atoms with Crippen LogP contribution in [0.2, 0.25) is 0 Å². The minimum absolute atomic E-state index is 0.0279. The van der Waals surface area contributed by atoms with E-state index in [1.54, 1.807) is 4.90 Å². The summed E-state index contributed by atoms with van der Waals surface area (Å²) in [7, 11) is 0. The summed E-state index contributed by atoms with van der Waals surface area (Å²) in [6.07, 6.45) is 2.65. The number of allylic oxidation sites excluding steroid dienone is 1. The summed E-state index contributed by atoms with van der Waals surface area (Å²) in [6, 6.07) is -0.0279. The third-order valence-electron chi connectivity index (χ3n) is 3.28. The topological polar surface area (TPSA) is 38.8 Å². The lowest BCUT2D eigenvalue weighted by molar-refractivity contribution is -0.0614. The number of hydrogen-bond donors (Lipinski definition) is 0. The molecule has 0 aromatic rings. The van der Waals surface area contributed by atoms with Crippen molar-refractivity contribution in [2.24, 2.45) is 0 Å². The summed E-state index contributed by atoms with van der Waals surface area (Å²) in [5, 5.41) is 0. The van der Waals surface area contributed by atoms with Gasteiger partial charge in [-0.3, -0.25) is 4.90 Å². The molecule has 0 aliphatic carbocycles. The van der Waals surface area contributed by atoms with Gasteiger partial charge in [0.05, 0.1) is 12.6 Å². The molecule has 19 heavy (non-hydrogen) atoms. The van der Waals surface area contributed by atoms with Gasteiger partial charge in [0, 0.05) is 0 Å². The van der Waals surface area contributed by atoms with Gasteiger partial charge in [-0.1, -0.05) is 13.0 Å². The van der Waals surface area contributed by atoms with E-state index in [1.807, 2.05) is 41.5 Å². The van der Waals surface area contributed by atoms with Gasteiger partial charge in [0.2, 0.25) is 0 Å². The smallest absolute Gasteiger partial charge is 0.413 e. The number of carbonyl (C=O) groups excluding carboxylic acids is 1. The predicted octanol–water partition coefficient (Wildman–Crippen LogP) is 3.71. The van der Waals surface area contributed by atoms with Crippen LogP contribution < -0.4 is 0 Å². The van der Waals surface area contributed by atoms with Crippen molar-refractivity contribution in [3.63, 3.8) is 0 Å². The zero-order valence-electron chi connectivity index (χ0n) is 13.2. The fraction of sp³-hybridized carbons (Fsp3) is 0.800. The Hall–Kier alpha value is -1.03. The summed E-state index contributed by atoms with van der Waals surface area (Å²) >= 11 is 0. The Morgan fingerprint density at radius 1 is 1.47 bits per heavy atom. The van der Waals surface area contributed by atoms with E-state index in [0.29, 0.717) is 6.61 Å². The molecule has 0 saturated carbocycles. The Balaban J connectivity index is 3.00. The van der Waals surface area contributed by atoms with E-state index in [1.165, 1.54) is 5.57 Å². The lowest BCUT2D eigenvalue weighted by atomic mass is 10.0. The van der Waals surface area contributed by atoms with Gasteiger partial charge >= 0.3 is 6.09 Å². The third-order valence-corrected chi connectivity index (χ3v) is 3.28. The second-order valence-corrected chi connectivity index (χ2v) is 6.34. The first-order valence-corrected chi connectivity index (χ1v) is 6.93. The maximum Gasteiger partial charge on any atom is 0.413 e. The lowest BCUT2D eigenvalue weighted by Gasteiger charge is -2.35. The van der Waals surface area contributed by atoms with Crippen LogP contribution in [0.1, 0.15) is 54.9 Å². The molecule has 4 heteroatoms. The number of amides is 1. The molecule has 1 aliphatic rings. The summed E-state index contributed by atoms with van der Waals surface area (Å²) in [5.74, 6) is 0. The van der Waals surface area contributed by atoms with Crippen molar-refractivity contribution in [2.75, 3.05) is 6.61 Å². The molecule has 1 heterocycles. The standard InChI is InChI=1S/C15H27NO3/c1-8-11(9-2)12-10-18-15(6,7)16(12)13(17)19-14(3,4)5/h8,12H,9-10H2,1-7H3. The Labute approximate surface area is 116 Å². The maximum atomic E-state index is 12.4. The van der Waals surface area contributed by atoms with E-state index in [9.17, 15) is 4.79 Å². The fourth-order valence-corrected chi connectivity index (χ4v) is 2.37. The van der Waals surface area contributed by atoms with Gasteiger partial charge in [-0.2, -0.15) is 0 Å². The Kier molecular flexibility index (Phi) is 4.67. The monoisotopic (exact) mass is 269 g/mol. The van der Waals surface area contributed by atoms with E-state index < -0.39 is 11.3 Å². The molecule has 1 amide bonds. The van der Waals surface area contributed by atoms with Gasteiger partial charge in [-0.05, 0) is 53.5 Å². The SMILES string of the molecule is CC=C(CC)C1COC(C)(C)N1C(=O)OC(C)(C)C. The van der Waals surface area contributed by atoms with Crippen LogP contribution in [0.5, 0.6) is 0 Å². The molecule has 0 aromatic heterocycles. The molecule has 1 aliphatic heterocycles. The second kappa shape index (κ2) is 5.53. The molecule has 0 N–H and O–H groups in total. The highest BCUT2D eigenvalue weighted by Gasteiger charge is 2.46. The van der Waals surface area contributed by atoms with E-state index in [-0.39, 0.29) is 12.1 Å². The van der Waals surface area contributed by atoms with Crippen molar-refractivity contribution in [1.29, 1.82) is 0 Å². The van der Waals surface area contributed by atoms with Crippen LogP contribution in [0.25, 0.3) is 0 Å². The minimum Gasteiger partial charge on any atom is -0.444 e. The molecule has 0 aromatic carbocycles. The van der Waals surface area contributed by atoms with Crippen LogP contribution in [0.4, 0.5) is 4.79 Å². The summed E-state index contributed by atoms with van der Waals surface area (Å²) in [4.78, 5) is 14.1. The first-order chi connectivity index (χ1) is 8.62. The van der Waals surface area contributed by atoms with Crippen LogP contribution in [0, 0.1) is 0 Å². The van der Waals surface area contributed by atoms with Crippen molar-refractivity contribution in [3.05, 3.63) is 11.6 Å². The largest absolute Gasteiger partial charge is 0.444 e. The van der Waals surface area contributed by atoms with E-state index in [2.05, 4.69) is 13.0 Å². The molecule has 0 radical (unpaired) electrons. The number of rotatable bonds is 2. The van der Waals surface area contributed by atoms with Gasteiger partial charge in [-0.25, -0.2) is 4.79 Å². The van der Waals surface area contributed by atoms with Gasteiger partial charge in [0.1, 0.15) is 11.3 Å². The van der Waals surface area contributed by atoms with Crippen molar-refractivity contribution < 1.29 is 14.3 Å². The molecule has 1 unspecified atom stereocenters. The molecular formula is C15H27NO3. The maximum absolute atomic E-state index is 12.4. The van der Waals surface area contributed by atoms with Crippen LogP contribution in [0.15, 0.2) is 11.6 Å². The highest BCUT2D eigenvalue weighted by Crippen LogP contribution is 2.33. The van der Waals surface area contributed by atoms with Gasteiger partial charge in [0.15, 0.2) is 0 Å². The lowest BCUT2D eigenvalue weighted by Crippen LogP contribution is -2.50. The van der Waals surface area contributed by atoms with Crippen LogP contribution in [-0.2, 0) is 9.47 Å². The predicted molar refractivity (Wildman–Crippen MR) is 75.9 cm³/mol. The minimum atomic E-state index is -0.629. The van der Waals surface area contributed by atoms with Crippen molar-refractivity contribution in [3.8, 4) is 0 Å². The van der Waals surface area contributed by atoms with Gasteiger partial charge in [-0.15, -0.1) is 0 Å². The van der Waals surface area contributed by atoms with Crippen LogP contribution >= 0.6 is 0 Å². The second-order valence-electron chi connectivity index (χ2n) is 6.34. The zero-order valence-corrected chi connectivity index (χ0v) is 13.2. The number of carbonyl (C=O) groups is 1. The molecule has 1 atom stereocenters. The van der Waals surface area contributed by atoms with Crippen molar-refractivity contribution in [1.82, 2.24) is 4.90 Å². The average molecular weight is 269 g/mol. The van der Waals surface area contributed by atoms with E-state index in [4.69, 9.17) is 9.47 Å². The number of ether oxygens (including phenoxy) is 2. The molecular weight excluding hydrogens is 242 g/mol. The third kappa shape index (κ3) is 3.72. The van der Waals surface area contributed by atoms with Gasteiger partial charge in [0.25, 0.3) is 0 Å². The molecule has 0 bridgehead atoms. The van der Waals surface area contributed by atoms with Crippen LogP contribution in [0.3, 0.4) is 0 Å².